The summed E-state index contributed by atoms with van der Waals surface area (Å²) in [5.74, 6) is 1.30. The van der Waals surface area contributed by atoms with Crippen LogP contribution >= 0.6 is 0 Å². The average molecular weight is 172 g/mol. The number of ketones is 1. The van der Waals surface area contributed by atoms with E-state index in [4.69, 9.17) is 0 Å². The van der Waals surface area contributed by atoms with Crippen LogP contribution in [-0.4, -0.2) is 5.78 Å². The summed E-state index contributed by atoms with van der Waals surface area (Å²) in [6.07, 6.45) is 3.11. The Morgan fingerprint density at radius 1 is 1.15 bits per heavy atom. The maximum Gasteiger partial charge on any atom is 0.140 e. The zero-order valence-electron chi connectivity index (χ0n) is 7.49. The summed E-state index contributed by atoms with van der Waals surface area (Å²) >= 11 is 0. The normalized spacial score (nSPS) is 30.3. The highest BCUT2D eigenvalue weighted by molar-refractivity contribution is 5.90. The molecule has 1 saturated carbocycles. The number of hydrogen-bond donors (Lipinski definition) is 0. The van der Waals surface area contributed by atoms with Crippen molar-refractivity contribution in [2.24, 2.45) is 0 Å². The minimum Gasteiger partial charge on any atom is -0.299 e. The van der Waals surface area contributed by atoms with E-state index in [2.05, 4.69) is 18.2 Å². The average Bonchev–Trinajstić information content (AvgIpc) is 2.14. The maximum atomic E-state index is 11.6. The van der Waals surface area contributed by atoms with Gasteiger partial charge in [0.2, 0.25) is 0 Å². The van der Waals surface area contributed by atoms with Crippen molar-refractivity contribution in [2.45, 2.75) is 31.1 Å². The Morgan fingerprint density at radius 3 is 2.77 bits per heavy atom. The second kappa shape index (κ2) is 2.44. The number of Topliss-reactive ketones (excluding diaryl/α,β-unsaturated/α-hetero) is 1. The van der Waals surface area contributed by atoms with Gasteiger partial charge in [-0.3, -0.25) is 4.79 Å². The summed E-state index contributed by atoms with van der Waals surface area (Å²) in [4.78, 5) is 11.6. The molecule has 0 spiro atoms. The van der Waals surface area contributed by atoms with Gasteiger partial charge in [-0.1, -0.05) is 24.3 Å². The fraction of sp³-hybridized carbons (Fsp3) is 0.417. The van der Waals surface area contributed by atoms with Crippen molar-refractivity contribution in [3.8, 4) is 0 Å². The first-order valence-electron chi connectivity index (χ1n) is 4.99. The first-order chi connectivity index (χ1) is 6.38. The third-order valence-electron chi connectivity index (χ3n) is 3.42. The SMILES string of the molecule is O=C1CCCC2c3ccccc3C12. The molecule has 3 rings (SSSR count). The number of fused-ring (bicyclic) bond motifs is 4. The van der Waals surface area contributed by atoms with Crippen LogP contribution in [0.1, 0.15) is 42.2 Å². The molecule has 2 aliphatic rings. The Labute approximate surface area is 77.8 Å². The lowest BCUT2D eigenvalue weighted by Gasteiger charge is -2.41. The van der Waals surface area contributed by atoms with E-state index in [0.717, 1.165) is 12.8 Å². The summed E-state index contributed by atoms with van der Waals surface area (Å²) in [7, 11) is 0. The molecule has 1 fully saturated rings. The molecule has 1 aromatic carbocycles. The smallest absolute Gasteiger partial charge is 0.140 e. The molecule has 2 aliphatic carbocycles. The van der Waals surface area contributed by atoms with Crippen LogP contribution in [0.15, 0.2) is 24.3 Å². The van der Waals surface area contributed by atoms with Crippen molar-refractivity contribution in [3.63, 3.8) is 0 Å². The molecule has 0 aliphatic heterocycles. The zero-order chi connectivity index (χ0) is 8.84. The van der Waals surface area contributed by atoms with Gasteiger partial charge in [-0.25, -0.2) is 0 Å². The van der Waals surface area contributed by atoms with Crippen LogP contribution in [0.5, 0.6) is 0 Å². The molecule has 1 heteroatoms. The molecule has 13 heavy (non-hydrogen) atoms. The van der Waals surface area contributed by atoms with Gasteiger partial charge in [0, 0.05) is 12.3 Å². The van der Waals surface area contributed by atoms with Gasteiger partial charge in [0.1, 0.15) is 5.78 Å². The Kier molecular flexibility index (Phi) is 1.37. The number of rotatable bonds is 0. The standard InChI is InChI=1S/C12H12O/c13-11-7-3-6-10-8-4-1-2-5-9(8)12(10)11/h1-2,4-5,10,12H,3,6-7H2. The number of hydrogen-bond acceptors (Lipinski definition) is 1. The zero-order valence-corrected chi connectivity index (χ0v) is 7.49. The Morgan fingerprint density at radius 2 is 1.92 bits per heavy atom. The molecule has 0 bridgehead atoms. The van der Waals surface area contributed by atoms with E-state index in [-0.39, 0.29) is 5.92 Å². The highest BCUT2D eigenvalue weighted by Gasteiger charge is 2.43. The van der Waals surface area contributed by atoms with Crippen LogP contribution in [0.4, 0.5) is 0 Å². The van der Waals surface area contributed by atoms with Gasteiger partial charge in [0.25, 0.3) is 0 Å². The van der Waals surface area contributed by atoms with Crippen LogP contribution in [0.3, 0.4) is 0 Å². The van der Waals surface area contributed by atoms with E-state index >= 15 is 0 Å². The van der Waals surface area contributed by atoms with Gasteiger partial charge in [-0.05, 0) is 29.9 Å². The lowest BCUT2D eigenvalue weighted by Crippen LogP contribution is -2.34. The molecular formula is C12H12O. The van der Waals surface area contributed by atoms with Gasteiger partial charge >= 0.3 is 0 Å². The van der Waals surface area contributed by atoms with Crippen molar-refractivity contribution < 1.29 is 4.79 Å². The Hall–Kier alpha value is -1.11. The predicted octanol–water partition coefficient (Wildman–Crippen LogP) is 2.62. The first kappa shape index (κ1) is 7.31. The van der Waals surface area contributed by atoms with Crippen LogP contribution in [-0.2, 0) is 4.79 Å². The van der Waals surface area contributed by atoms with E-state index < -0.39 is 0 Å². The van der Waals surface area contributed by atoms with Crippen molar-refractivity contribution in [2.75, 3.05) is 0 Å². The molecule has 66 valence electrons. The fourth-order valence-electron chi connectivity index (χ4n) is 2.80. The Bertz CT molecular complexity index is 367. The van der Waals surface area contributed by atoms with E-state index in [9.17, 15) is 4.79 Å². The fourth-order valence-corrected chi connectivity index (χ4v) is 2.80. The minimum absolute atomic E-state index is 0.268. The number of carbonyl (C=O) groups excluding carboxylic acids is 1. The highest BCUT2D eigenvalue weighted by atomic mass is 16.1. The first-order valence-corrected chi connectivity index (χ1v) is 4.99. The molecule has 0 aromatic heterocycles. The van der Waals surface area contributed by atoms with Crippen molar-refractivity contribution in [1.29, 1.82) is 0 Å². The molecule has 2 atom stereocenters. The summed E-state index contributed by atoms with van der Waals surface area (Å²) in [5.41, 5.74) is 2.73. The van der Waals surface area contributed by atoms with Gasteiger partial charge in [-0.2, -0.15) is 0 Å². The van der Waals surface area contributed by atoms with Gasteiger partial charge in [0.05, 0.1) is 0 Å². The van der Waals surface area contributed by atoms with E-state index in [1.807, 2.05) is 6.07 Å². The molecular weight excluding hydrogens is 160 g/mol. The largest absolute Gasteiger partial charge is 0.299 e. The molecule has 0 amide bonds. The quantitative estimate of drug-likeness (QED) is 0.588. The summed E-state index contributed by atoms with van der Waals surface area (Å²) < 4.78 is 0. The van der Waals surface area contributed by atoms with Crippen molar-refractivity contribution in [1.82, 2.24) is 0 Å². The lowest BCUT2D eigenvalue weighted by molar-refractivity contribution is -0.123. The number of benzene rings is 1. The highest BCUT2D eigenvalue weighted by Crippen LogP contribution is 2.52. The Balaban J connectivity index is 2.08. The van der Waals surface area contributed by atoms with E-state index in [1.54, 1.807) is 0 Å². The van der Waals surface area contributed by atoms with E-state index in [0.29, 0.717) is 11.7 Å². The van der Waals surface area contributed by atoms with Crippen molar-refractivity contribution in [3.05, 3.63) is 35.4 Å². The predicted molar refractivity (Wildman–Crippen MR) is 50.8 cm³/mol. The summed E-state index contributed by atoms with van der Waals surface area (Å²) in [6, 6.07) is 8.40. The summed E-state index contributed by atoms with van der Waals surface area (Å²) in [6.45, 7) is 0. The van der Waals surface area contributed by atoms with Crippen LogP contribution in [0, 0.1) is 0 Å². The molecule has 0 saturated heterocycles. The second-order valence-corrected chi connectivity index (χ2v) is 4.07. The second-order valence-electron chi connectivity index (χ2n) is 4.07. The van der Waals surface area contributed by atoms with Crippen LogP contribution < -0.4 is 0 Å². The molecule has 1 nitrogen and oxygen atoms in total. The number of carbonyl (C=O) groups is 1. The maximum absolute atomic E-state index is 11.6. The molecule has 0 radical (unpaired) electrons. The van der Waals surface area contributed by atoms with Crippen LogP contribution in [0.25, 0.3) is 0 Å². The van der Waals surface area contributed by atoms with Crippen molar-refractivity contribution >= 4 is 5.78 Å². The molecule has 1 aromatic rings. The summed E-state index contributed by atoms with van der Waals surface area (Å²) in [5, 5.41) is 0. The molecule has 2 unspecified atom stereocenters. The topological polar surface area (TPSA) is 17.1 Å². The minimum atomic E-state index is 0.268. The van der Waals surface area contributed by atoms with Crippen LogP contribution in [0.2, 0.25) is 0 Å². The lowest BCUT2D eigenvalue weighted by atomic mass is 9.61. The third kappa shape index (κ3) is 0.846. The molecule has 0 heterocycles. The third-order valence-corrected chi connectivity index (χ3v) is 3.42. The van der Waals surface area contributed by atoms with Gasteiger partial charge in [0.15, 0.2) is 0 Å². The van der Waals surface area contributed by atoms with E-state index in [1.165, 1.54) is 17.5 Å². The van der Waals surface area contributed by atoms with Gasteiger partial charge < -0.3 is 0 Å². The monoisotopic (exact) mass is 172 g/mol. The van der Waals surface area contributed by atoms with Gasteiger partial charge in [-0.15, -0.1) is 0 Å². The molecule has 0 N–H and O–H groups in total.